The van der Waals surface area contributed by atoms with Crippen molar-refractivity contribution >= 4 is 10.0 Å². The Balaban J connectivity index is 3.24. The predicted molar refractivity (Wildman–Crippen MR) is 49.8 cm³/mol. The number of aromatic nitrogens is 1. The van der Waals surface area contributed by atoms with Gasteiger partial charge in [0.25, 0.3) is 0 Å². The Kier molecular flexibility index (Phi) is 2.68. The molecule has 1 rings (SSSR count). The molecule has 0 unspecified atom stereocenters. The van der Waals surface area contributed by atoms with Crippen molar-refractivity contribution in [3.63, 3.8) is 0 Å². The topological polar surface area (TPSA) is 50.3 Å². The summed E-state index contributed by atoms with van der Waals surface area (Å²) < 4.78 is 24.3. The number of nitrogens with zero attached hydrogens (tertiary/aromatic N) is 2. The van der Waals surface area contributed by atoms with Crippen LogP contribution in [-0.2, 0) is 10.0 Å². The Bertz CT molecular complexity index is 398. The highest BCUT2D eigenvalue weighted by Crippen LogP contribution is 2.12. The number of pyridine rings is 1. The van der Waals surface area contributed by atoms with Gasteiger partial charge in [0.15, 0.2) is 0 Å². The van der Waals surface area contributed by atoms with E-state index >= 15 is 0 Å². The van der Waals surface area contributed by atoms with Gasteiger partial charge in [0.1, 0.15) is 4.90 Å². The third-order valence-electron chi connectivity index (χ3n) is 1.63. The van der Waals surface area contributed by atoms with Crippen molar-refractivity contribution in [1.29, 1.82) is 0 Å². The predicted octanol–water partition coefficient (Wildman–Crippen LogP) is 0.640. The van der Waals surface area contributed by atoms with E-state index in [1.54, 1.807) is 12.3 Å². The quantitative estimate of drug-likeness (QED) is 0.704. The van der Waals surface area contributed by atoms with Crippen molar-refractivity contribution in [2.45, 2.75) is 11.8 Å². The molecule has 0 saturated heterocycles. The van der Waals surface area contributed by atoms with Crippen LogP contribution in [0.25, 0.3) is 0 Å². The van der Waals surface area contributed by atoms with Crippen LogP contribution >= 0.6 is 0 Å². The minimum absolute atomic E-state index is 0.234. The second-order valence-corrected chi connectivity index (χ2v) is 5.14. The molecule has 0 amide bonds. The molecule has 1 heterocycles. The lowest BCUT2D eigenvalue weighted by molar-refractivity contribution is 0.520. The molecule has 0 fully saturated rings. The lowest BCUT2D eigenvalue weighted by Gasteiger charge is -2.10. The number of hydrogen-bond donors (Lipinski definition) is 0. The van der Waals surface area contributed by atoms with Gasteiger partial charge in [-0.25, -0.2) is 12.7 Å². The van der Waals surface area contributed by atoms with Gasteiger partial charge in [-0.3, -0.25) is 4.98 Å². The first-order valence-corrected chi connectivity index (χ1v) is 5.23. The Morgan fingerprint density at radius 2 is 1.92 bits per heavy atom. The summed E-state index contributed by atoms with van der Waals surface area (Å²) in [6, 6.07) is 1.60. The van der Waals surface area contributed by atoms with E-state index in [1.807, 2.05) is 6.92 Å². The fourth-order valence-electron chi connectivity index (χ4n) is 0.879. The van der Waals surface area contributed by atoms with E-state index in [0.29, 0.717) is 0 Å². The van der Waals surface area contributed by atoms with Crippen LogP contribution in [0, 0.1) is 6.92 Å². The molecule has 1 aromatic rings. The monoisotopic (exact) mass is 200 g/mol. The van der Waals surface area contributed by atoms with Gasteiger partial charge in [0.2, 0.25) is 10.0 Å². The SMILES string of the molecule is Cc1cncc(S(=O)(=O)N(C)C)c1. The first-order chi connectivity index (χ1) is 5.94. The first kappa shape index (κ1) is 10.1. The zero-order chi connectivity index (χ0) is 10.1. The maximum Gasteiger partial charge on any atom is 0.244 e. The van der Waals surface area contributed by atoms with Gasteiger partial charge in [0.05, 0.1) is 0 Å². The van der Waals surface area contributed by atoms with Crippen LogP contribution in [0.3, 0.4) is 0 Å². The van der Waals surface area contributed by atoms with E-state index in [-0.39, 0.29) is 4.90 Å². The molecule has 0 radical (unpaired) electrons. The summed E-state index contributed by atoms with van der Waals surface area (Å²) >= 11 is 0. The van der Waals surface area contributed by atoms with E-state index < -0.39 is 10.0 Å². The molecule has 5 heteroatoms. The van der Waals surface area contributed by atoms with E-state index in [1.165, 1.54) is 24.6 Å². The summed E-state index contributed by atoms with van der Waals surface area (Å²) in [5.41, 5.74) is 0.836. The van der Waals surface area contributed by atoms with E-state index in [2.05, 4.69) is 4.98 Å². The summed E-state index contributed by atoms with van der Waals surface area (Å²) in [6.45, 7) is 1.81. The smallest absolute Gasteiger partial charge is 0.244 e. The molecule has 0 saturated carbocycles. The molecule has 72 valence electrons. The maximum absolute atomic E-state index is 11.6. The summed E-state index contributed by atoms with van der Waals surface area (Å²) in [4.78, 5) is 4.06. The van der Waals surface area contributed by atoms with Gasteiger partial charge in [-0.1, -0.05) is 0 Å². The maximum atomic E-state index is 11.6. The van der Waals surface area contributed by atoms with Crippen LogP contribution in [0.5, 0.6) is 0 Å². The van der Waals surface area contributed by atoms with Crippen LogP contribution in [0.1, 0.15) is 5.56 Å². The number of sulfonamides is 1. The van der Waals surface area contributed by atoms with Crippen molar-refractivity contribution in [2.75, 3.05) is 14.1 Å². The molecule has 4 nitrogen and oxygen atoms in total. The Morgan fingerprint density at radius 1 is 1.31 bits per heavy atom. The molecular formula is C8H12N2O2S. The van der Waals surface area contributed by atoms with Gasteiger partial charge >= 0.3 is 0 Å². The third-order valence-corrected chi connectivity index (χ3v) is 3.41. The molecule has 0 bridgehead atoms. The van der Waals surface area contributed by atoms with Crippen molar-refractivity contribution in [3.8, 4) is 0 Å². The summed E-state index contributed by atoms with van der Waals surface area (Å²) in [5, 5.41) is 0. The highest BCUT2D eigenvalue weighted by atomic mass is 32.2. The zero-order valence-corrected chi connectivity index (χ0v) is 8.67. The second-order valence-electron chi connectivity index (χ2n) is 2.99. The molecular weight excluding hydrogens is 188 g/mol. The van der Waals surface area contributed by atoms with Crippen LogP contribution in [0.2, 0.25) is 0 Å². The Labute approximate surface area is 78.3 Å². The molecule has 13 heavy (non-hydrogen) atoms. The average molecular weight is 200 g/mol. The third kappa shape index (κ3) is 2.05. The fraction of sp³-hybridized carbons (Fsp3) is 0.375. The van der Waals surface area contributed by atoms with Crippen molar-refractivity contribution < 1.29 is 8.42 Å². The highest BCUT2D eigenvalue weighted by molar-refractivity contribution is 7.89. The molecule has 0 aromatic carbocycles. The lowest BCUT2D eigenvalue weighted by atomic mass is 10.3. The normalized spacial score (nSPS) is 12.0. The Hall–Kier alpha value is -0.940. The molecule has 0 atom stereocenters. The highest BCUT2D eigenvalue weighted by Gasteiger charge is 2.16. The first-order valence-electron chi connectivity index (χ1n) is 3.79. The minimum Gasteiger partial charge on any atom is -0.263 e. The molecule has 1 aromatic heterocycles. The van der Waals surface area contributed by atoms with Crippen molar-refractivity contribution in [3.05, 3.63) is 24.0 Å². The molecule has 0 spiro atoms. The van der Waals surface area contributed by atoms with E-state index in [9.17, 15) is 8.42 Å². The molecule has 0 aliphatic rings. The number of aryl methyl sites for hydroxylation is 1. The number of hydrogen-bond acceptors (Lipinski definition) is 3. The number of rotatable bonds is 2. The molecule has 0 aliphatic heterocycles. The van der Waals surface area contributed by atoms with Gasteiger partial charge in [-0.2, -0.15) is 0 Å². The average Bonchev–Trinajstić information content (AvgIpc) is 2.04. The summed E-state index contributed by atoms with van der Waals surface area (Å²) in [5.74, 6) is 0. The molecule has 0 N–H and O–H groups in total. The standard InChI is InChI=1S/C8H12N2O2S/c1-7-4-8(6-9-5-7)13(11,12)10(2)3/h4-6H,1-3H3. The van der Waals surface area contributed by atoms with Crippen LogP contribution in [0.4, 0.5) is 0 Å². The van der Waals surface area contributed by atoms with Crippen LogP contribution in [0.15, 0.2) is 23.4 Å². The summed E-state index contributed by atoms with van der Waals surface area (Å²) in [7, 11) is -0.333. The molecule has 0 aliphatic carbocycles. The lowest BCUT2D eigenvalue weighted by Crippen LogP contribution is -2.22. The largest absolute Gasteiger partial charge is 0.263 e. The van der Waals surface area contributed by atoms with E-state index in [4.69, 9.17) is 0 Å². The van der Waals surface area contributed by atoms with Crippen molar-refractivity contribution in [2.24, 2.45) is 0 Å². The van der Waals surface area contributed by atoms with Gasteiger partial charge < -0.3 is 0 Å². The Morgan fingerprint density at radius 3 is 2.38 bits per heavy atom. The van der Waals surface area contributed by atoms with E-state index in [0.717, 1.165) is 5.56 Å². The van der Waals surface area contributed by atoms with Gasteiger partial charge in [0, 0.05) is 26.5 Å². The summed E-state index contributed by atoms with van der Waals surface area (Å²) in [6.07, 6.45) is 2.97. The van der Waals surface area contributed by atoms with Crippen LogP contribution < -0.4 is 0 Å². The minimum atomic E-state index is -3.33. The zero-order valence-electron chi connectivity index (χ0n) is 7.85. The van der Waals surface area contributed by atoms with Crippen LogP contribution in [-0.4, -0.2) is 31.8 Å². The van der Waals surface area contributed by atoms with Crippen molar-refractivity contribution in [1.82, 2.24) is 9.29 Å². The van der Waals surface area contributed by atoms with Gasteiger partial charge in [-0.15, -0.1) is 0 Å². The van der Waals surface area contributed by atoms with Gasteiger partial charge in [-0.05, 0) is 18.6 Å². The second kappa shape index (κ2) is 3.43. The fourth-order valence-corrected chi connectivity index (χ4v) is 1.83.